The highest BCUT2D eigenvalue weighted by Crippen LogP contribution is 2.22. The lowest BCUT2D eigenvalue weighted by Gasteiger charge is -2.05. The van der Waals surface area contributed by atoms with Gasteiger partial charge in [0.25, 0.3) is 5.69 Å². The first-order valence-corrected chi connectivity index (χ1v) is 7.04. The molecule has 0 amide bonds. The summed E-state index contributed by atoms with van der Waals surface area (Å²) in [6.45, 7) is -0.478. The third-order valence-electron chi connectivity index (χ3n) is 2.89. The Labute approximate surface area is 140 Å². The Hall–Kier alpha value is -2.44. The van der Waals surface area contributed by atoms with Crippen molar-refractivity contribution in [3.05, 3.63) is 73.8 Å². The molecule has 118 valence electrons. The van der Waals surface area contributed by atoms with Gasteiger partial charge in [-0.3, -0.25) is 14.9 Å². The van der Waals surface area contributed by atoms with Crippen molar-refractivity contribution in [2.75, 3.05) is 6.61 Å². The van der Waals surface area contributed by atoms with Crippen LogP contribution in [0.25, 0.3) is 0 Å². The van der Waals surface area contributed by atoms with Crippen LogP contribution in [-0.4, -0.2) is 23.3 Å². The molecule has 0 atom stereocenters. The molecule has 0 radical (unpaired) electrons. The van der Waals surface area contributed by atoms with Crippen LogP contribution in [-0.2, 0) is 4.74 Å². The lowest BCUT2D eigenvalue weighted by Crippen LogP contribution is -2.14. The average Bonchev–Trinajstić information content (AvgIpc) is 2.54. The zero-order valence-corrected chi connectivity index (χ0v) is 13.0. The number of nitro benzene ring substituents is 1. The van der Waals surface area contributed by atoms with Crippen LogP contribution in [0.1, 0.15) is 20.7 Å². The van der Waals surface area contributed by atoms with Crippen LogP contribution >= 0.6 is 23.2 Å². The molecule has 23 heavy (non-hydrogen) atoms. The minimum atomic E-state index is -0.756. The Morgan fingerprint density at radius 1 is 1.00 bits per heavy atom. The zero-order valence-electron chi connectivity index (χ0n) is 11.5. The van der Waals surface area contributed by atoms with E-state index in [9.17, 15) is 19.7 Å². The molecule has 0 aliphatic rings. The van der Waals surface area contributed by atoms with E-state index in [1.807, 2.05) is 0 Å². The molecule has 0 N–H and O–H groups in total. The van der Waals surface area contributed by atoms with Crippen LogP contribution < -0.4 is 0 Å². The van der Waals surface area contributed by atoms with Crippen molar-refractivity contribution < 1.29 is 19.2 Å². The molecule has 8 heteroatoms. The molecule has 2 rings (SSSR count). The fourth-order valence-corrected chi connectivity index (χ4v) is 1.98. The number of non-ortho nitro benzene ring substituents is 1. The first-order valence-electron chi connectivity index (χ1n) is 6.28. The van der Waals surface area contributed by atoms with Crippen LogP contribution in [0.5, 0.6) is 0 Å². The Morgan fingerprint density at radius 2 is 1.61 bits per heavy atom. The largest absolute Gasteiger partial charge is 0.454 e. The second-order valence-corrected chi connectivity index (χ2v) is 5.25. The summed E-state index contributed by atoms with van der Waals surface area (Å²) in [5.74, 6) is -1.20. The molecule has 0 aromatic heterocycles. The zero-order chi connectivity index (χ0) is 17.0. The van der Waals surface area contributed by atoms with E-state index in [-0.39, 0.29) is 21.8 Å². The topological polar surface area (TPSA) is 86.5 Å². The highest BCUT2D eigenvalue weighted by Gasteiger charge is 2.14. The second-order valence-electron chi connectivity index (χ2n) is 4.43. The van der Waals surface area contributed by atoms with Crippen LogP contribution in [0, 0.1) is 10.1 Å². The number of nitro groups is 1. The fraction of sp³-hybridized carbons (Fsp3) is 0.0667. The quantitative estimate of drug-likeness (QED) is 0.351. The summed E-state index contributed by atoms with van der Waals surface area (Å²) in [6.07, 6.45) is 0. The Balaban J connectivity index is 1.99. The van der Waals surface area contributed by atoms with E-state index in [0.29, 0.717) is 5.02 Å². The van der Waals surface area contributed by atoms with E-state index in [1.165, 1.54) is 42.5 Å². The van der Waals surface area contributed by atoms with E-state index in [1.54, 1.807) is 0 Å². The van der Waals surface area contributed by atoms with Gasteiger partial charge in [0, 0.05) is 17.7 Å². The normalized spacial score (nSPS) is 10.2. The number of rotatable bonds is 5. The van der Waals surface area contributed by atoms with Crippen LogP contribution in [0.2, 0.25) is 10.0 Å². The van der Waals surface area contributed by atoms with E-state index in [4.69, 9.17) is 27.9 Å². The Morgan fingerprint density at radius 3 is 2.17 bits per heavy atom. The number of carbonyl (C=O) groups is 2. The molecule has 0 saturated heterocycles. The number of hydrogen-bond donors (Lipinski definition) is 0. The predicted octanol–water partition coefficient (Wildman–Crippen LogP) is 3.94. The number of benzene rings is 2. The maximum absolute atomic E-state index is 11.9. The number of ether oxygens (including phenoxy) is 1. The van der Waals surface area contributed by atoms with Crippen LogP contribution in [0.3, 0.4) is 0 Å². The molecule has 2 aromatic rings. The van der Waals surface area contributed by atoms with Gasteiger partial charge in [-0.15, -0.1) is 0 Å². The maximum atomic E-state index is 11.9. The lowest BCUT2D eigenvalue weighted by molar-refractivity contribution is -0.384. The van der Waals surface area contributed by atoms with Crippen molar-refractivity contribution in [1.29, 1.82) is 0 Å². The highest BCUT2D eigenvalue weighted by molar-refractivity contribution is 6.42. The molecule has 0 saturated carbocycles. The van der Waals surface area contributed by atoms with Gasteiger partial charge < -0.3 is 4.74 Å². The Bertz CT molecular complexity index is 774. The highest BCUT2D eigenvalue weighted by atomic mass is 35.5. The van der Waals surface area contributed by atoms with Crippen molar-refractivity contribution in [3.63, 3.8) is 0 Å². The third kappa shape index (κ3) is 4.28. The van der Waals surface area contributed by atoms with E-state index in [2.05, 4.69) is 0 Å². The number of ketones is 1. The number of Topliss-reactive ketones (excluding diaryl/α,β-unsaturated/α-hetero) is 1. The predicted molar refractivity (Wildman–Crippen MR) is 84.2 cm³/mol. The summed E-state index contributed by atoms with van der Waals surface area (Å²) in [4.78, 5) is 33.7. The molecule has 0 unspecified atom stereocenters. The summed E-state index contributed by atoms with van der Waals surface area (Å²) in [7, 11) is 0. The van der Waals surface area contributed by atoms with E-state index >= 15 is 0 Å². The number of hydrogen-bond acceptors (Lipinski definition) is 5. The standard InChI is InChI=1S/C15H9Cl2NO5/c16-12-6-3-10(7-13(12)17)14(19)8-23-15(20)9-1-4-11(5-2-9)18(21)22/h1-7H,8H2. The van der Waals surface area contributed by atoms with Gasteiger partial charge in [0.1, 0.15) is 0 Å². The summed E-state index contributed by atoms with van der Waals surface area (Å²) in [6, 6.07) is 9.18. The van der Waals surface area contributed by atoms with E-state index in [0.717, 1.165) is 0 Å². The van der Waals surface area contributed by atoms with Gasteiger partial charge in [0.15, 0.2) is 12.4 Å². The molecule has 0 aliphatic heterocycles. The molecular weight excluding hydrogens is 345 g/mol. The summed E-state index contributed by atoms with van der Waals surface area (Å²) in [5.41, 5.74) is 0.224. The molecule has 6 nitrogen and oxygen atoms in total. The average molecular weight is 354 g/mol. The monoisotopic (exact) mass is 353 g/mol. The molecule has 0 heterocycles. The second kappa shape index (κ2) is 7.21. The minimum absolute atomic E-state index is 0.109. The Kier molecular flexibility index (Phi) is 5.31. The van der Waals surface area contributed by atoms with Crippen molar-refractivity contribution in [2.24, 2.45) is 0 Å². The van der Waals surface area contributed by atoms with Crippen molar-refractivity contribution in [1.82, 2.24) is 0 Å². The van der Waals surface area contributed by atoms with Crippen LogP contribution in [0.15, 0.2) is 42.5 Å². The lowest BCUT2D eigenvalue weighted by atomic mass is 10.1. The summed E-state index contributed by atoms with van der Waals surface area (Å²) < 4.78 is 4.88. The van der Waals surface area contributed by atoms with E-state index < -0.39 is 23.3 Å². The number of esters is 1. The summed E-state index contributed by atoms with van der Waals surface area (Å²) in [5, 5.41) is 11.1. The molecule has 0 fully saturated rings. The van der Waals surface area contributed by atoms with Gasteiger partial charge >= 0.3 is 5.97 Å². The number of halogens is 2. The molecule has 0 spiro atoms. The van der Waals surface area contributed by atoms with Crippen molar-refractivity contribution >= 4 is 40.6 Å². The number of carbonyl (C=O) groups excluding carboxylic acids is 2. The van der Waals surface area contributed by atoms with Gasteiger partial charge in [-0.25, -0.2) is 4.79 Å². The molecule has 2 aromatic carbocycles. The van der Waals surface area contributed by atoms with Gasteiger partial charge in [0.2, 0.25) is 0 Å². The smallest absolute Gasteiger partial charge is 0.338 e. The molecular formula is C15H9Cl2NO5. The molecule has 0 aliphatic carbocycles. The first-order chi connectivity index (χ1) is 10.9. The summed E-state index contributed by atoms with van der Waals surface area (Å²) >= 11 is 11.6. The van der Waals surface area contributed by atoms with Gasteiger partial charge in [-0.2, -0.15) is 0 Å². The minimum Gasteiger partial charge on any atom is -0.454 e. The van der Waals surface area contributed by atoms with Gasteiger partial charge in [-0.1, -0.05) is 23.2 Å². The van der Waals surface area contributed by atoms with Crippen molar-refractivity contribution in [2.45, 2.75) is 0 Å². The van der Waals surface area contributed by atoms with Gasteiger partial charge in [0.05, 0.1) is 20.5 Å². The first kappa shape index (κ1) is 16.9. The number of nitrogens with zero attached hydrogens (tertiary/aromatic N) is 1. The maximum Gasteiger partial charge on any atom is 0.338 e. The van der Waals surface area contributed by atoms with Crippen LogP contribution in [0.4, 0.5) is 5.69 Å². The SMILES string of the molecule is O=C(COC(=O)c1ccc([N+](=O)[O-])cc1)c1ccc(Cl)c(Cl)c1. The van der Waals surface area contributed by atoms with Gasteiger partial charge in [-0.05, 0) is 30.3 Å². The van der Waals surface area contributed by atoms with Crippen molar-refractivity contribution in [3.8, 4) is 0 Å². The fourth-order valence-electron chi connectivity index (χ4n) is 1.69. The molecule has 0 bridgehead atoms. The third-order valence-corrected chi connectivity index (χ3v) is 3.63.